The Morgan fingerprint density at radius 1 is 1.57 bits per heavy atom. The molecule has 4 nitrogen and oxygen atoms in total. The van der Waals surface area contributed by atoms with Gasteiger partial charge in [0, 0.05) is 9.38 Å². The number of nitrogens with zero attached hydrogens (tertiary/aromatic N) is 3. The lowest BCUT2D eigenvalue weighted by Crippen LogP contribution is -2.01. The third-order valence-electron chi connectivity index (χ3n) is 1.66. The Hall–Kier alpha value is -1.19. The van der Waals surface area contributed by atoms with E-state index in [1.54, 1.807) is 0 Å². The fraction of sp³-hybridized carbons (Fsp3) is 0.333. The molecule has 74 valence electrons. The molecule has 1 rings (SSSR count). The van der Waals surface area contributed by atoms with Crippen LogP contribution in [-0.4, -0.2) is 13.2 Å². The average molecular weight is 256 g/mol. The van der Waals surface area contributed by atoms with Crippen molar-refractivity contribution in [2.45, 2.75) is 6.92 Å². The van der Waals surface area contributed by atoms with Crippen LogP contribution in [0.1, 0.15) is 5.56 Å². The highest BCUT2D eigenvalue weighted by molar-refractivity contribution is 9.10. The van der Waals surface area contributed by atoms with Crippen LogP contribution in [0.5, 0.6) is 5.75 Å². The van der Waals surface area contributed by atoms with Crippen molar-refractivity contribution < 1.29 is 4.74 Å². The summed E-state index contributed by atoms with van der Waals surface area (Å²) in [5, 5.41) is 3.38. The van der Waals surface area contributed by atoms with Crippen molar-refractivity contribution in [2.75, 3.05) is 13.2 Å². The van der Waals surface area contributed by atoms with Gasteiger partial charge in [0.05, 0.1) is 13.2 Å². The molecule has 0 aromatic heterocycles. The van der Waals surface area contributed by atoms with Gasteiger partial charge in [0.25, 0.3) is 0 Å². The first kappa shape index (κ1) is 10.9. The van der Waals surface area contributed by atoms with E-state index in [1.165, 1.54) is 0 Å². The van der Waals surface area contributed by atoms with Crippen LogP contribution in [0.4, 0.5) is 0 Å². The van der Waals surface area contributed by atoms with Gasteiger partial charge in [-0.15, -0.1) is 0 Å². The minimum Gasteiger partial charge on any atom is -0.493 e. The normalized spacial score (nSPS) is 9.29. The molecule has 0 unspecified atom stereocenters. The van der Waals surface area contributed by atoms with Gasteiger partial charge in [-0.2, -0.15) is 0 Å². The number of aryl methyl sites for hydroxylation is 1. The quantitative estimate of drug-likeness (QED) is 0.352. The second-order valence-corrected chi connectivity index (χ2v) is 3.63. The first-order valence-corrected chi connectivity index (χ1v) is 4.93. The summed E-state index contributed by atoms with van der Waals surface area (Å²) in [4.78, 5) is 2.64. The van der Waals surface area contributed by atoms with Crippen LogP contribution >= 0.6 is 15.9 Å². The van der Waals surface area contributed by atoms with E-state index in [4.69, 9.17) is 10.3 Å². The van der Waals surface area contributed by atoms with Crippen LogP contribution in [0.2, 0.25) is 0 Å². The summed E-state index contributed by atoms with van der Waals surface area (Å²) in [6.07, 6.45) is 0. The fourth-order valence-electron chi connectivity index (χ4n) is 0.971. The third-order valence-corrected chi connectivity index (χ3v) is 2.16. The van der Waals surface area contributed by atoms with E-state index < -0.39 is 0 Å². The van der Waals surface area contributed by atoms with Gasteiger partial charge in [-0.25, -0.2) is 0 Å². The maximum atomic E-state index is 8.06. The molecular formula is C9H10BrN3O. The number of halogens is 1. The van der Waals surface area contributed by atoms with Gasteiger partial charge in [-0.05, 0) is 30.2 Å². The number of benzene rings is 1. The number of hydrogen-bond acceptors (Lipinski definition) is 2. The fourth-order valence-corrected chi connectivity index (χ4v) is 1.31. The van der Waals surface area contributed by atoms with Crippen LogP contribution in [-0.2, 0) is 0 Å². The minimum atomic E-state index is 0.350. The maximum Gasteiger partial charge on any atom is 0.123 e. The molecule has 0 aliphatic rings. The largest absolute Gasteiger partial charge is 0.493 e. The molecule has 0 heterocycles. The predicted octanol–water partition coefficient (Wildman–Crippen LogP) is 3.45. The lowest BCUT2D eigenvalue weighted by molar-refractivity contribution is 0.326. The maximum absolute atomic E-state index is 8.06. The Labute approximate surface area is 90.6 Å². The molecule has 0 saturated heterocycles. The summed E-state index contributed by atoms with van der Waals surface area (Å²) in [6.45, 7) is 2.72. The van der Waals surface area contributed by atoms with E-state index in [0.29, 0.717) is 13.2 Å². The second kappa shape index (κ2) is 5.52. The summed E-state index contributed by atoms with van der Waals surface area (Å²) >= 11 is 3.36. The van der Waals surface area contributed by atoms with Gasteiger partial charge in [-0.3, -0.25) is 0 Å². The molecule has 1 aromatic rings. The molecule has 0 spiro atoms. The number of rotatable bonds is 4. The lowest BCUT2D eigenvalue weighted by atomic mass is 10.2. The topological polar surface area (TPSA) is 58.0 Å². The highest BCUT2D eigenvalue weighted by Crippen LogP contribution is 2.22. The molecule has 0 atom stereocenters. The Morgan fingerprint density at radius 2 is 2.36 bits per heavy atom. The average Bonchev–Trinajstić information content (AvgIpc) is 2.18. The van der Waals surface area contributed by atoms with E-state index in [-0.39, 0.29) is 0 Å². The standard InChI is InChI=1S/C9H10BrN3O/c1-7-2-3-8(10)6-9(7)14-5-4-12-13-11/h2-3,6H,4-5H2,1H3. The molecule has 0 amide bonds. The molecule has 0 fully saturated rings. The summed E-state index contributed by atoms with van der Waals surface area (Å²) in [7, 11) is 0. The smallest absolute Gasteiger partial charge is 0.123 e. The van der Waals surface area contributed by atoms with Gasteiger partial charge in [-0.1, -0.05) is 27.1 Å². The van der Waals surface area contributed by atoms with Crippen LogP contribution in [0, 0.1) is 6.92 Å². The zero-order valence-electron chi connectivity index (χ0n) is 7.77. The highest BCUT2D eigenvalue weighted by atomic mass is 79.9. The van der Waals surface area contributed by atoms with Gasteiger partial charge < -0.3 is 4.74 Å². The van der Waals surface area contributed by atoms with Crippen molar-refractivity contribution >= 4 is 15.9 Å². The van der Waals surface area contributed by atoms with Crippen molar-refractivity contribution in [3.05, 3.63) is 38.7 Å². The minimum absolute atomic E-state index is 0.350. The van der Waals surface area contributed by atoms with Crippen LogP contribution < -0.4 is 4.74 Å². The molecule has 0 aliphatic carbocycles. The van der Waals surface area contributed by atoms with Gasteiger partial charge in [0.1, 0.15) is 5.75 Å². The predicted molar refractivity (Wildman–Crippen MR) is 58.4 cm³/mol. The summed E-state index contributed by atoms with van der Waals surface area (Å²) in [5.74, 6) is 0.813. The highest BCUT2D eigenvalue weighted by Gasteiger charge is 1.99. The zero-order valence-corrected chi connectivity index (χ0v) is 9.36. The van der Waals surface area contributed by atoms with Gasteiger partial charge in [0.15, 0.2) is 0 Å². The number of ether oxygens (including phenoxy) is 1. The van der Waals surface area contributed by atoms with E-state index in [1.807, 2.05) is 25.1 Å². The molecular weight excluding hydrogens is 246 g/mol. The Morgan fingerprint density at radius 3 is 3.07 bits per heavy atom. The lowest BCUT2D eigenvalue weighted by Gasteiger charge is -2.07. The monoisotopic (exact) mass is 255 g/mol. The Balaban J connectivity index is 2.57. The Kier molecular flexibility index (Phi) is 4.29. The molecule has 1 aromatic carbocycles. The Bertz CT molecular complexity index is 361. The van der Waals surface area contributed by atoms with Crippen molar-refractivity contribution in [2.24, 2.45) is 5.11 Å². The number of azide groups is 1. The zero-order chi connectivity index (χ0) is 10.4. The first-order valence-electron chi connectivity index (χ1n) is 4.14. The van der Waals surface area contributed by atoms with E-state index >= 15 is 0 Å². The first-order chi connectivity index (χ1) is 6.74. The second-order valence-electron chi connectivity index (χ2n) is 2.71. The van der Waals surface area contributed by atoms with E-state index in [0.717, 1.165) is 15.8 Å². The molecule has 0 radical (unpaired) electrons. The molecule has 0 aliphatic heterocycles. The molecule has 0 bridgehead atoms. The van der Waals surface area contributed by atoms with E-state index in [9.17, 15) is 0 Å². The molecule has 5 heteroatoms. The number of hydrogen-bond donors (Lipinski definition) is 0. The van der Waals surface area contributed by atoms with E-state index in [2.05, 4.69) is 26.0 Å². The summed E-state index contributed by atoms with van der Waals surface area (Å²) < 4.78 is 6.40. The third kappa shape index (κ3) is 3.28. The van der Waals surface area contributed by atoms with Crippen LogP contribution in [0.3, 0.4) is 0 Å². The summed E-state index contributed by atoms with van der Waals surface area (Å²) in [5.41, 5.74) is 9.12. The van der Waals surface area contributed by atoms with Crippen LogP contribution in [0.15, 0.2) is 27.8 Å². The molecule has 0 N–H and O–H groups in total. The van der Waals surface area contributed by atoms with Crippen molar-refractivity contribution in [1.82, 2.24) is 0 Å². The van der Waals surface area contributed by atoms with Gasteiger partial charge >= 0.3 is 0 Å². The molecule has 14 heavy (non-hydrogen) atoms. The van der Waals surface area contributed by atoms with Gasteiger partial charge in [0.2, 0.25) is 0 Å². The SMILES string of the molecule is Cc1ccc(Br)cc1OCCN=[N+]=[N-]. The van der Waals surface area contributed by atoms with Crippen molar-refractivity contribution in [3.63, 3.8) is 0 Å². The van der Waals surface area contributed by atoms with Crippen molar-refractivity contribution in [1.29, 1.82) is 0 Å². The summed E-state index contributed by atoms with van der Waals surface area (Å²) in [6, 6.07) is 5.81. The molecule has 0 saturated carbocycles. The van der Waals surface area contributed by atoms with Crippen LogP contribution in [0.25, 0.3) is 10.4 Å². The van der Waals surface area contributed by atoms with Crippen molar-refractivity contribution in [3.8, 4) is 5.75 Å².